The van der Waals surface area contributed by atoms with Crippen molar-refractivity contribution in [2.24, 2.45) is 10.9 Å². The lowest BCUT2D eigenvalue weighted by Crippen LogP contribution is -1.98. The molecule has 1 rings (SSSR count). The molecule has 1 aliphatic rings. The van der Waals surface area contributed by atoms with Crippen LogP contribution in [0.5, 0.6) is 0 Å². The minimum atomic E-state index is 0.741. The lowest BCUT2D eigenvalue weighted by atomic mass is 10.0. The van der Waals surface area contributed by atoms with Crippen molar-refractivity contribution < 1.29 is 0 Å². The molecule has 0 amide bonds. The number of nitrogens with zero attached hydrogens (tertiary/aromatic N) is 1. The van der Waals surface area contributed by atoms with Crippen molar-refractivity contribution in [3.8, 4) is 0 Å². The monoisotopic (exact) mass is 137 g/mol. The first-order valence-corrected chi connectivity index (χ1v) is 4.00. The fourth-order valence-corrected chi connectivity index (χ4v) is 1.24. The summed E-state index contributed by atoms with van der Waals surface area (Å²) < 4.78 is 0. The van der Waals surface area contributed by atoms with Crippen LogP contribution in [0, 0.1) is 5.92 Å². The molecular weight excluding hydrogens is 122 g/mol. The van der Waals surface area contributed by atoms with Gasteiger partial charge in [0.25, 0.3) is 0 Å². The van der Waals surface area contributed by atoms with Crippen LogP contribution in [0.3, 0.4) is 0 Å². The smallest absolute Gasteiger partial charge is 0.0417 e. The molecule has 1 heterocycles. The van der Waals surface area contributed by atoms with Gasteiger partial charge in [-0.2, -0.15) is 0 Å². The zero-order valence-corrected chi connectivity index (χ0v) is 6.80. The summed E-state index contributed by atoms with van der Waals surface area (Å²) in [6.45, 7) is 5.46. The maximum Gasteiger partial charge on any atom is 0.0417 e. The van der Waals surface area contributed by atoms with Crippen LogP contribution < -0.4 is 0 Å². The van der Waals surface area contributed by atoms with Gasteiger partial charge in [-0.1, -0.05) is 19.4 Å². The largest absolute Gasteiger partial charge is 0.293 e. The van der Waals surface area contributed by atoms with Gasteiger partial charge in [0.2, 0.25) is 0 Å². The average molecular weight is 137 g/mol. The average Bonchev–Trinajstić information content (AvgIpc) is 2.13. The zero-order chi connectivity index (χ0) is 7.40. The highest BCUT2D eigenvalue weighted by molar-refractivity contribution is 5.72. The Labute approximate surface area is 62.9 Å². The Kier molecular flexibility index (Phi) is 2.67. The van der Waals surface area contributed by atoms with E-state index in [0.29, 0.717) is 0 Å². The third-order valence-corrected chi connectivity index (χ3v) is 1.90. The predicted molar refractivity (Wildman–Crippen MR) is 45.5 cm³/mol. The molecule has 10 heavy (non-hydrogen) atoms. The fraction of sp³-hybridized carbons (Fsp3) is 0.667. The van der Waals surface area contributed by atoms with Crippen molar-refractivity contribution in [1.82, 2.24) is 0 Å². The van der Waals surface area contributed by atoms with Gasteiger partial charge in [-0.25, -0.2) is 0 Å². The van der Waals surface area contributed by atoms with Crippen LogP contribution in [0.15, 0.2) is 16.6 Å². The molecule has 1 heteroatoms. The second-order valence-electron chi connectivity index (χ2n) is 3.00. The van der Waals surface area contributed by atoms with Gasteiger partial charge in [-0.05, 0) is 24.8 Å². The van der Waals surface area contributed by atoms with Crippen molar-refractivity contribution in [1.29, 1.82) is 0 Å². The SMILES string of the molecule is CCC1=CC=NCC(C)C1. The molecule has 0 aromatic heterocycles. The first-order chi connectivity index (χ1) is 4.83. The van der Waals surface area contributed by atoms with Crippen molar-refractivity contribution >= 4 is 6.21 Å². The Morgan fingerprint density at radius 2 is 2.50 bits per heavy atom. The van der Waals surface area contributed by atoms with Crippen LogP contribution in [-0.2, 0) is 0 Å². The minimum Gasteiger partial charge on any atom is -0.293 e. The predicted octanol–water partition coefficient (Wildman–Crippen LogP) is 2.43. The Balaban J connectivity index is 2.57. The molecule has 0 aromatic carbocycles. The third kappa shape index (κ3) is 1.98. The molecule has 0 radical (unpaired) electrons. The van der Waals surface area contributed by atoms with Gasteiger partial charge in [0.1, 0.15) is 0 Å². The quantitative estimate of drug-likeness (QED) is 0.526. The number of hydrogen-bond donors (Lipinski definition) is 0. The van der Waals surface area contributed by atoms with Crippen molar-refractivity contribution in [2.75, 3.05) is 6.54 Å². The highest BCUT2D eigenvalue weighted by atomic mass is 14.7. The number of aliphatic imine (C=N–C) groups is 1. The maximum atomic E-state index is 4.25. The molecule has 0 spiro atoms. The second kappa shape index (κ2) is 3.55. The van der Waals surface area contributed by atoms with Gasteiger partial charge in [0, 0.05) is 12.8 Å². The van der Waals surface area contributed by atoms with E-state index in [2.05, 4.69) is 24.9 Å². The van der Waals surface area contributed by atoms with E-state index < -0.39 is 0 Å². The van der Waals surface area contributed by atoms with E-state index in [1.807, 2.05) is 6.21 Å². The minimum absolute atomic E-state index is 0.741. The summed E-state index contributed by atoms with van der Waals surface area (Å²) in [5.41, 5.74) is 1.54. The van der Waals surface area contributed by atoms with Gasteiger partial charge < -0.3 is 0 Å². The number of hydrogen-bond acceptors (Lipinski definition) is 1. The van der Waals surface area contributed by atoms with E-state index in [-0.39, 0.29) is 0 Å². The second-order valence-corrected chi connectivity index (χ2v) is 3.00. The van der Waals surface area contributed by atoms with Crippen LogP contribution in [0.4, 0.5) is 0 Å². The summed E-state index contributed by atoms with van der Waals surface area (Å²) in [5, 5.41) is 0. The van der Waals surface area contributed by atoms with Gasteiger partial charge in [0.05, 0.1) is 0 Å². The summed E-state index contributed by atoms with van der Waals surface area (Å²) in [5.74, 6) is 0.741. The summed E-state index contributed by atoms with van der Waals surface area (Å²) in [7, 11) is 0. The lowest BCUT2D eigenvalue weighted by Gasteiger charge is -2.06. The van der Waals surface area contributed by atoms with Crippen molar-refractivity contribution in [3.63, 3.8) is 0 Å². The van der Waals surface area contributed by atoms with Crippen molar-refractivity contribution in [2.45, 2.75) is 26.7 Å². The van der Waals surface area contributed by atoms with Crippen LogP contribution in [-0.4, -0.2) is 12.8 Å². The molecule has 1 nitrogen and oxygen atoms in total. The molecule has 0 aliphatic carbocycles. The van der Waals surface area contributed by atoms with Gasteiger partial charge in [0.15, 0.2) is 0 Å². The van der Waals surface area contributed by atoms with Gasteiger partial charge in [-0.3, -0.25) is 4.99 Å². The van der Waals surface area contributed by atoms with Gasteiger partial charge >= 0.3 is 0 Å². The maximum absolute atomic E-state index is 4.25. The normalized spacial score (nSPS) is 25.8. The molecule has 56 valence electrons. The van der Waals surface area contributed by atoms with Crippen LogP contribution in [0.1, 0.15) is 26.7 Å². The molecule has 0 N–H and O–H groups in total. The molecule has 0 saturated heterocycles. The highest BCUT2D eigenvalue weighted by Crippen LogP contribution is 2.15. The molecule has 1 atom stereocenters. The van der Waals surface area contributed by atoms with E-state index >= 15 is 0 Å². The first kappa shape index (κ1) is 7.52. The summed E-state index contributed by atoms with van der Waals surface area (Å²) in [4.78, 5) is 4.25. The van der Waals surface area contributed by atoms with E-state index in [9.17, 15) is 0 Å². The summed E-state index contributed by atoms with van der Waals surface area (Å²) >= 11 is 0. The number of allylic oxidation sites excluding steroid dienone is 2. The molecule has 0 saturated carbocycles. The molecule has 1 unspecified atom stereocenters. The van der Waals surface area contributed by atoms with E-state index in [1.165, 1.54) is 18.4 Å². The lowest BCUT2D eigenvalue weighted by molar-refractivity contribution is 0.588. The Morgan fingerprint density at radius 1 is 1.70 bits per heavy atom. The molecule has 0 aromatic rings. The van der Waals surface area contributed by atoms with Crippen LogP contribution in [0.2, 0.25) is 0 Å². The Hall–Kier alpha value is -0.590. The van der Waals surface area contributed by atoms with Crippen molar-refractivity contribution in [3.05, 3.63) is 11.6 Å². The molecular formula is C9H15N. The van der Waals surface area contributed by atoms with Crippen LogP contribution >= 0.6 is 0 Å². The van der Waals surface area contributed by atoms with Gasteiger partial charge in [-0.15, -0.1) is 0 Å². The summed E-state index contributed by atoms with van der Waals surface area (Å²) in [6.07, 6.45) is 6.51. The summed E-state index contributed by atoms with van der Waals surface area (Å²) in [6, 6.07) is 0. The van der Waals surface area contributed by atoms with Crippen LogP contribution in [0.25, 0.3) is 0 Å². The fourth-order valence-electron chi connectivity index (χ4n) is 1.24. The third-order valence-electron chi connectivity index (χ3n) is 1.90. The zero-order valence-electron chi connectivity index (χ0n) is 6.80. The molecule has 0 fully saturated rings. The topological polar surface area (TPSA) is 12.4 Å². The highest BCUT2D eigenvalue weighted by Gasteiger charge is 2.04. The standard InChI is InChI=1S/C9H15N/c1-3-9-4-5-10-7-8(2)6-9/h4-5,8H,3,6-7H2,1-2H3. The molecule has 0 bridgehead atoms. The van der Waals surface area contributed by atoms with E-state index in [0.717, 1.165) is 12.5 Å². The number of rotatable bonds is 1. The van der Waals surface area contributed by atoms with E-state index in [4.69, 9.17) is 0 Å². The molecule has 1 aliphatic heterocycles. The Bertz CT molecular complexity index is 156. The Morgan fingerprint density at radius 3 is 3.20 bits per heavy atom. The first-order valence-electron chi connectivity index (χ1n) is 4.00. The van der Waals surface area contributed by atoms with E-state index in [1.54, 1.807) is 0 Å².